The van der Waals surface area contributed by atoms with E-state index in [9.17, 15) is 0 Å². The van der Waals surface area contributed by atoms with Crippen LogP contribution >= 0.6 is 22.6 Å². The van der Waals surface area contributed by atoms with Crippen molar-refractivity contribution in [3.8, 4) is 0 Å². The van der Waals surface area contributed by atoms with Gasteiger partial charge in [0.1, 0.15) is 0 Å². The molecule has 0 radical (unpaired) electrons. The molecule has 1 aromatic heterocycles. The van der Waals surface area contributed by atoms with Crippen molar-refractivity contribution < 1.29 is 0 Å². The maximum Gasteiger partial charge on any atom is 0.0536 e. The summed E-state index contributed by atoms with van der Waals surface area (Å²) in [7, 11) is 0. The SMILES string of the molecule is CCCCCCCCCCCCCCCc1ncccc1I. The van der Waals surface area contributed by atoms with Crippen molar-refractivity contribution >= 4 is 22.6 Å². The van der Waals surface area contributed by atoms with E-state index in [2.05, 4.69) is 40.6 Å². The average Bonchev–Trinajstić information content (AvgIpc) is 2.53. The lowest BCUT2D eigenvalue weighted by Gasteiger charge is -2.04. The Kier molecular flexibility index (Phi) is 13.1. The van der Waals surface area contributed by atoms with Gasteiger partial charge >= 0.3 is 0 Å². The first kappa shape index (κ1) is 19.9. The molecule has 0 spiro atoms. The number of pyridine rings is 1. The molecule has 1 nitrogen and oxygen atoms in total. The average molecular weight is 415 g/mol. The van der Waals surface area contributed by atoms with Crippen LogP contribution in [-0.4, -0.2) is 4.98 Å². The van der Waals surface area contributed by atoms with Gasteiger partial charge in [-0.1, -0.05) is 84.0 Å². The summed E-state index contributed by atoms with van der Waals surface area (Å²) in [5.41, 5.74) is 1.28. The first-order valence-electron chi connectivity index (χ1n) is 9.44. The van der Waals surface area contributed by atoms with E-state index < -0.39 is 0 Å². The molecule has 1 heterocycles. The van der Waals surface area contributed by atoms with E-state index in [1.54, 1.807) is 0 Å². The minimum Gasteiger partial charge on any atom is -0.260 e. The van der Waals surface area contributed by atoms with Crippen molar-refractivity contribution in [1.82, 2.24) is 4.98 Å². The number of aromatic nitrogens is 1. The van der Waals surface area contributed by atoms with Gasteiger partial charge in [-0.15, -0.1) is 0 Å². The van der Waals surface area contributed by atoms with Crippen LogP contribution in [0.15, 0.2) is 18.3 Å². The van der Waals surface area contributed by atoms with Gasteiger partial charge in [0, 0.05) is 9.77 Å². The van der Waals surface area contributed by atoms with E-state index in [0.717, 1.165) is 6.42 Å². The van der Waals surface area contributed by atoms with E-state index in [4.69, 9.17) is 0 Å². The Morgan fingerprint density at radius 3 is 1.77 bits per heavy atom. The normalized spacial score (nSPS) is 11.0. The van der Waals surface area contributed by atoms with Gasteiger partial charge in [0.25, 0.3) is 0 Å². The Morgan fingerprint density at radius 1 is 0.773 bits per heavy atom. The Labute approximate surface area is 151 Å². The minimum absolute atomic E-state index is 1.15. The number of hydrogen-bond donors (Lipinski definition) is 0. The molecule has 0 fully saturated rings. The van der Waals surface area contributed by atoms with E-state index in [1.807, 2.05) is 12.3 Å². The fourth-order valence-electron chi connectivity index (χ4n) is 2.91. The third-order valence-electron chi connectivity index (χ3n) is 4.35. The molecule has 0 aromatic carbocycles. The van der Waals surface area contributed by atoms with Crippen LogP contribution < -0.4 is 0 Å². The van der Waals surface area contributed by atoms with Crippen LogP contribution in [0.3, 0.4) is 0 Å². The topological polar surface area (TPSA) is 12.9 Å². The van der Waals surface area contributed by atoms with E-state index in [-0.39, 0.29) is 0 Å². The molecular formula is C20H34IN. The first-order valence-corrected chi connectivity index (χ1v) is 10.5. The van der Waals surface area contributed by atoms with Crippen LogP contribution in [0.25, 0.3) is 0 Å². The molecule has 0 saturated carbocycles. The zero-order valence-electron chi connectivity index (χ0n) is 14.5. The number of aryl methyl sites for hydroxylation is 1. The van der Waals surface area contributed by atoms with Crippen LogP contribution in [0.1, 0.15) is 96.1 Å². The zero-order valence-corrected chi connectivity index (χ0v) is 16.6. The van der Waals surface area contributed by atoms with Crippen molar-refractivity contribution in [3.63, 3.8) is 0 Å². The molecule has 1 rings (SSSR count). The molecule has 2 heteroatoms. The summed E-state index contributed by atoms with van der Waals surface area (Å²) < 4.78 is 1.32. The zero-order chi connectivity index (χ0) is 15.9. The lowest BCUT2D eigenvalue weighted by molar-refractivity contribution is 0.539. The second-order valence-electron chi connectivity index (χ2n) is 6.42. The fraction of sp³-hybridized carbons (Fsp3) is 0.750. The van der Waals surface area contributed by atoms with Gasteiger partial charge in [-0.3, -0.25) is 4.98 Å². The molecule has 1 aromatic rings. The van der Waals surface area contributed by atoms with Crippen molar-refractivity contribution in [3.05, 3.63) is 27.6 Å². The van der Waals surface area contributed by atoms with Crippen LogP contribution in [-0.2, 0) is 6.42 Å². The van der Waals surface area contributed by atoms with Gasteiger partial charge in [0.2, 0.25) is 0 Å². The third kappa shape index (κ3) is 10.6. The van der Waals surface area contributed by atoms with Crippen molar-refractivity contribution in [2.24, 2.45) is 0 Å². The molecular weight excluding hydrogens is 381 g/mol. The van der Waals surface area contributed by atoms with Crippen LogP contribution in [0.5, 0.6) is 0 Å². The van der Waals surface area contributed by atoms with E-state index in [0.29, 0.717) is 0 Å². The number of rotatable bonds is 14. The summed E-state index contributed by atoms with van der Waals surface area (Å²) in [6.07, 6.45) is 21.5. The number of halogens is 1. The molecule has 0 N–H and O–H groups in total. The molecule has 0 unspecified atom stereocenters. The third-order valence-corrected chi connectivity index (χ3v) is 5.33. The lowest BCUT2D eigenvalue weighted by atomic mass is 10.0. The standard InChI is InChI=1S/C20H34IN/c1-2-3-4-5-6-7-8-9-10-11-12-13-14-17-20-19(21)16-15-18-22-20/h15-16,18H,2-14,17H2,1H3. The summed E-state index contributed by atoms with van der Waals surface area (Å²) in [6, 6.07) is 4.18. The largest absolute Gasteiger partial charge is 0.260 e. The van der Waals surface area contributed by atoms with E-state index >= 15 is 0 Å². The lowest BCUT2D eigenvalue weighted by Crippen LogP contribution is -1.93. The highest BCUT2D eigenvalue weighted by atomic mass is 127. The fourth-order valence-corrected chi connectivity index (χ4v) is 3.53. The summed E-state index contributed by atoms with van der Waals surface area (Å²) >= 11 is 2.40. The van der Waals surface area contributed by atoms with Gasteiger partial charge in [-0.05, 0) is 47.6 Å². The summed E-state index contributed by atoms with van der Waals surface area (Å²) in [5, 5.41) is 0. The first-order chi connectivity index (χ1) is 10.8. The van der Waals surface area contributed by atoms with Crippen molar-refractivity contribution in [1.29, 1.82) is 0 Å². The maximum absolute atomic E-state index is 4.47. The Bertz CT molecular complexity index is 364. The molecule has 0 aliphatic carbocycles. The molecule has 22 heavy (non-hydrogen) atoms. The van der Waals surface area contributed by atoms with E-state index in [1.165, 1.54) is 92.7 Å². The molecule has 0 aliphatic heterocycles. The monoisotopic (exact) mass is 415 g/mol. The molecule has 0 bridgehead atoms. The summed E-state index contributed by atoms with van der Waals surface area (Å²) in [6.45, 7) is 2.29. The number of nitrogens with zero attached hydrogens (tertiary/aromatic N) is 1. The highest BCUT2D eigenvalue weighted by molar-refractivity contribution is 14.1. The second-order valence-corrected chi connectivity index (χ2v) is 7.59. The van der Waals surface area contributed by atoms with Gasteiger partial charge < -0.3 is 0 Å². The van der Waals surface area contributed by atoms with Crippen molar-refractivity contribution in [2.75, 3.05) is 0 Å². The maximum atomic E-state index is 4.47. The molecule has 0 atom stereocenters. The van der Waals surface area contributed by atoms with Crippen LogP contribution in [0, 0.1) is 3.57 Å². The molecule has 126 valence electrons. The smallest absolute Gasteiger partial charge is 0.0536 e. The highest BCUT2D eigenvalue weighted by Crippen LogP contribution is 2.15. The minimum atomic E-state index is 1.15. The predicted octanol–water partition coefficient (Wildman–Crippen LogP) is 7.32. The predicted molar refractivity (Wildman–Crippen MR) is 106 cm³/mol. The van der Waals surface area contributed by atoms with Crippen molar-refractivity contribution in [2.45, 2.75) is 96.8 Å². The summed E-state index contributed by atoms with van der Waals surface area (Å²) in [5.74, 6) is 0. The molecule has 0 saturated heterocycles. The van der Waals surface area contributed by atoms with Crippen LogP contribution in [0.4, 0.5) is 0 Å². The highest BCUT2D eigenvalue weighted by Gasteiger charge is 1.99. The number of hydrogen-bond acceptors (Lipinski definition) is 1. The number of unbranched alkanes of at least 4 members (excludes halogenated alkanes) is 12. The van der Waals surface area contributed by atoms with Crippen LogP contribution in [0.2, 0.25) is 0 Å². The quantitative estimate of drug-likeness (QED) is 0.229. The molecule has 0 aliphatic rings. The summed E-state index contributed by atoms with van der Waals surface area (Å²) in [4.78, 5) is 4.47. The Hall–Kier alpha value is -0.120. The van der Waals surface area contributed by atoms with Gasteiger partial charge in [-0.25, -0.2) is 0 Å². The van der Waals surface area contributed by atoms with Gasteiger partial charge in [0.15, 0.2) is 0 Å². The second kappa shape index (κ2) is 14.5. The Balaban J connectivity index is 1.81. The van der Waals surface area contributed by atoms with Gasteiger partial charge in [-0.2, -0.15) is 0 Å². The van der Waals surface area contributed by atoms with Gasteiger partial charge in [0.05, 0.1) is 5.69 Å². The Morgan fingerprint density at radius 2 is 1.27 bits per heavy atom. The molecule has 0 amide bonds.